The second-order valence-electron chi connectivity index (χ2n) is 8.28. The minimum absolute atomic E-state index is 0. The van der Waals surface area contributed by atoms with Crippen LogP contribution in [0, 0.1) is 6.92 Å². The molecule has 182 valence electrons. The highest BCUT2D eigenvalue weighted by Crippen LogP contribution is 2.28. The van der Waals surface area contributed by atoms with E-state index in [1.807, 2.05) is 49.1 Å². The SMILES string of the molecule is CCNC(=O)NCc1ccc(-c2nccnc2N2CCN(Cc3cnn(C)c3C)CC2)cc1.Cl. The molecule has 0 spiro atoms. The number of hydrogen-bond donors (Lipinski definition) is 2. The minimum Gasteiger partial charge on any atom is -0.352 e. The summed E-state index contributed by atoms with van der Waals surface area (Å²) in [6.07, 6.45) is 5.47. The summed E-state index contributed by atoms with van der Waals surface area (Å²) in [5.74, 6) is 0.919. The summed E-state index contributed by atoms with van der Waals surface area (Å²) in [6, 6.07) is 7.98. The molecule has 1 aliphatic rings. The molecule has 1 fully saturated rings. The summed E-state index contributed by atoms with van der Waals surface area (Å²) < 4.78 is 1.93. The van der Waals surface area contributed by atoms with Gasteiger partial charge in [-0.25, -0.2) is 9.78 Å². The quantitative estimate of drug-likeness (QED) is 0.536. The molecule has 2 N–H and O–H groups in total. The number of rotatable bonds is 7. The van der Waals surface area contributed by atoms with Crippen molar-refractivity contribution in [1.82, 2.24) is 35.3 Å². The third-order valence-electron chi connectivity index (χ3n) is 6.10. The molecule has 2 aromatic heterocycles. The first-order valence-corrected chi connectivity index (χ1v) is 11.4. The molecule has 4 rings (SSSR count). The van der Waals surface area contributed by atoms with Crippen LogP contribution in [0.5, 0.6) is 0 Å². The van der Waals surface area contributed by atoms with E-state index in [9.17, 15) is 4.79 Å². The van der Waals surface area contributed by atoms with Crippen LogP contribution in [0.3, 0.4) is 0 Å². The van der Waals surface area contributed by atoms with Crippen LogP contribution in [0.1, 0.15) is 23.7 Å². The molecule has 0 bridgehead atoms. The van der Waals surface area contributed by atoms with Crippen molar-refractivity contribution in [3.63, 3.8) is 0 Å². The van der Waals surface area contributed by atoms with Gasteiger partial charge in [-0.3, -0.25) is 14.6 Å². The average Bonchev–Trinajstić information content (AvgIpc) is 3.16. The van der Waals surface area contributed by atoms with E-state index in [0.29, 0.717) is 13.1 Å². The Morgan fingerprint density at radius 2 is 1.74 bits per heavy atom. The fraction of sp³-hybridized carbons (Fsp3) is 0.417. The van der Waals surface area contributed by atoms with E-state index < -0.39 is 0 Å². The molecule has 10 heteroatoms. The molecular formula is C24H33ClN8O. The van der Waals surface area contributed by atoms with Crippen molar-refractivity contribution in [2.45, 2.75) is 26.9 Å². The first-order valence-electron chi connectivity index (χ1n) is 11.4. The summed E-state index contributed by atoms with van der Waals surface area (Å²) in [4.78, 5) is 25.7. The monoisotopic (exact) mass is 484 g/mol. The third kappa shape index (κ3) is 6.03. The number of carbonyl (C=O) groups is 1. The fourth-order valence-electron chi connectivity index (χ4n) is 4.01. The van der Waals surface area contributed by atoms with E-state index in [-0.39, 0.29) is 18.4 Å². The van der Waals surface area contributed by atoms with E-state index in [4.69, 9.17) is 0 Å². The number of aryl methyl sites for hydroxylation is 1. The van der Waals surface area contributed by atoms with Crippen LogP contribution in [0.4, 0.5) is 10.6 Å². The summed E-state index contributed by atoms with van der Waals surface area (Å²) >= 11 is 0. The molecule has 0 unspecified atom stereocenters. The van der Waals surface area contributed by atoms with Gasteiger partial charge in [0.1, 0.15) is 5.69 Å². The summed E-state index contributed by atoms with van der Waals surface area (Å²) in [5.41, 5.74) is 5.45. The lowest BCUT2D eigenvalue weighted by Crippen LogP contribution is -2.46. The van der Waals surface area contributed by atoms with Gasteiger partial charge in [0.2, 0.25) is 0 Å². The lowest BCUT2D eigenvalue weighted by atomic mass is 10.1. The molecular weight excluding hydrogens is 452 g/mol. The molecule has 3 heterocycles. The lowest BCUT2D eigenvalue weighted by Gasteiger charge is -2.35. The zero-order valence-electron chi connectivity index (χ0n) is 20.0. The van der Waals surface area contributed by atoms with Gasteiger partial charge in [-0.1, -0.05) is 24.3 Å². The Morgan fingerprint density at radius 1 is 1.03 bits per heavy atom. The molecule has 2 amide bonds. The predicted octanol–water partition coefficient (Wildman–Crippen LogP) is 2.75. The number of carbonyl (C=O) groups excluding carboxylic acids is 1. The van der Waals surface area contributed by atoms with Gasteiger partial charge >= 0.3 is 6.03 Å². The lowest BCUT2D eigenvalue weighted by molar-refractivity contribution is 0.241. The molecule has 0 radical (unpaired) electrons. The number of aromatic nitrogens is 4. The van der Waals surface area contributed by atoms with Gasteiger partial charge in [0, 0.05) is 82.1 Å². The molecule has 0 atom stereocenters. The Labute approximate surface area is 207 Å². The van der Waals surface area contributed by atoms with Gasteiger partial charge in [0.15, 0.2) is 5.82 Å². The Hall–Kier alpha value is -3.17. The molecule has 34 heavy (non-hydrogen) atoms. The largest absolute Gasteiger partial charge is 0.352 e. The first-order chi connectivity index (χ1) is 16.0. The minimum atomic E-state index is -0.157. The first kappa shape index (κ1) is 25.5. The van der Waals surface area contributed by atoms with Crippen LogP contribution in [-0.2, 0) is 20.1 Å². The van der Waals surface area contributed by atoms with Gasteiger partial charge in [-0.05, 0) is 19.4 Å². The van der Waals surface area contributed by atoms with E-state index >= 15 is 0 Å². The highest BCUT2D eigenvalue weighted by Gasteiger charge is 2.22. The van der Waals surface area contributed by atoms with Gasteiger partial charge in [-0.2, -0.15) is 5.10 Å². The Bertz CT molecular complexity index is 1080. The molecule has 0 saturated carbocycles. The van der Waals surface area contributed by atoms with Crippen molar-refractivity contribution in [1.29, 1.82) is 0 Å². The topological polar surface area (TPSA) is 91.2 Å². The second kappa shape index (κ2) is 11.8. The molecule has 1 aromatic carbocycles. The van der Waals surface area contributed by atoms with Crippen molar-refractivity contribution >= 4 is 24.3 Å². The Kier molecular flexibility index (Phi) is 8.84. The van der Waals surface area contributed by atoms with Crippen LogP contribution in [0.25, 0.3) is 11.3 Å². The van der Waals surface area contributed by atoms with E-state index in [1.165, 1.54) is 11.3 Å². The standard InChI is InChI=1S/C24H32N8O.ClH/c1-4-25-24(33)28-15-19-5-7-20(8-6-19)22-23(27-10-9-26-22)32-13-11-31(12-14-32)17-21-16-29-30(3)18(21)2;/h5-10,16H,4,11-15,17H2,1-3H3,(H2,25,28,33);1H. The fourth-order valence-corrected chi connectivity index (χ4v) is 4.01. The predicted molar refractivity (Wildman–Crippen MR) is 136 cm³/mol. The number of urea groups is 1. The maximum absolute atomic E-state index is 11.6. The zero-order chi connectivity index (χ0) is 23.2. The number of anilines is 1. The highest BCUT2D eigenvalue weighted by molar-refractivity contribution is 5.85. The van der Waals surface area contributed by atoms with Gasteiger partial charge < -0.3 is 15.5 Å². The van der Waals surface area contributed by atoms with Crippen molar-refractivity contribution in [3.05, 3.63) is 59.7 Å². The molecule has 9 nitrogen and oxygen atoms in total. The van der Waals surface area contributed by atoms with Crippen LogP contribution >= 0.6 is 12.4 Å². The number of piperazine rings is 1. The number of nitrogens with one attached hydrogen (secondary N) is 2. The molecule has 1 aliphatic heterocycles. The summed E-state index contributed by atoms with van der Waals surface area (Å²) in [7, 11) is 1.98. The van der Waals surface area contributed by atoms with Crippen LogP contribution in [0.2, 0.25) is 0 Å². The smallest absolute Gasteiger partial charge is 0.315 e. The van der Waals surface area contributed by atoms with Crippen molar-refractivity contribution in [3.8, 4) is 11.3 Å². The maximum Gasteiger partial charge on any atom is 0.315 e. The van der Waals surface area contributed by atoms with E-state index in [1.54, 1.807) is 12.4 Å². The van der Waals surface area contributed by atoms with E-state index in [0.717, 1.165) is 55.4 Å². The number of benzene rings is 1. The number of halogens is 1. The van der Waals surface area contributed by atoms with Crippen molar-refractivity contribution in [2.24, 2.45) is 7.05 Å². The zero-order valence-corrected chi connectivity index (χ0v) is 20.8. The molecule has 3 aromatic rings. The van der Waals surface area contributed by atoms with Crippen LogP contribution < -0.4 is 15.5 Å². The normalized spacial score (nSPS) is 13.9. The van der Waals surface area contributed by atoms with Gasteiger partial charge in [0.05, 0.1) is 6.20 Å². The highest BCUT2D eigenvalue weighted by atomic mass is 35.5. The maximum atomic E-state index is 11.6. The molecule has 0 aliphatic carbocycles. The number of nitrogens with zero attached hydrogens (tertiary/aromatic N) is 6. The Morgan fingerprint density at radius 3 is 2.38 bits per heavy atom. The third-order valence-corrected chi connectivity index (χ3v) is 6.10. The van der Waals surface area contributed by atoms with E-state index in [2.05, 4.69) is 42.4 Å². The second-order valence-corrected chi connectivity index (χ2v) is 8.28. The average molecular weight is 485 g/mol. The van der Waals surface area contributed by atoms with Crippen LogP contribution in [0.15, 0.2) is 42.9 Å². The van der Waals surface area contributed by atoms with Crippen LogP contribution in [-0.4, -0.2) is 63.4 Å². The molecule has 1 saturated heterocycles. The summed E-state index contributed by atoms with van der Waals surface area (Å²) in [5, 5.41) is 9.95. The number of hydrogen-bond acceptors (Lipinski definition) is 6. The Balaban J connectivity index is 0.00000324. The van der Waals surface area contributed by atoms with Gasteiger partial charge in [0.25, 0.3) is 0 Å². The summed E-state index contributed by atoms with van der Waals surface area (Å²) in [6.45, 7) is 9.77. The number of amides is 2. The van der Waals surface area contributed by atoms with Crippen molar-refractivity contribution < 1.29 is 4.79 Å². The van der Waals surface area contributed by atoms with Gasteiger partial charge in [-0.15, -0.1) is 12.4 Å². The van der Waals surface area contributed by atoms with Crippen molar-refractivity contribution in [2.75, 3.05) is 37.6 Å².